The molecule has 98 valence electrons. The fourth-order valence-corrected chi connectivity index (χ4v) is 2.16. The van der Waals surface area contributed by atoms with Crippen LogP contribution in [0.15, 0.2) is 18.2 Å². The van der Waals surface area contributed by atoms with Crippen LogP contribution in [0.4, 0.5) is 5.95 Å². The Morgan fingerprint density at radius 3 is 2.67 bits per heavy atom. The largest absolute Gasteiger partial charge is 0.492 e. The van der Waals surface area contributed by atoms with Gasteiger partial charge < -0.3 is 15.0 Å². The molecule has 0 aliphatic rings. The number of anilines is 1. The molecule has 0 fully saturated rings. The van der Waals surface area contributed by atoms with Gasteiger partial charge in [0.05, 0.1) is 12.1 Å². The first-order chi connectivity index (χ1) is 8.51. The van der Waals surface area contributed by atoms with E-state index in [1.165, 1.54) is 0 Å². The molecule has 0 saturated carbocycles. The Bertz CT molecular complexity index is 557. The number of hydrogen-bond acceptors (Lipinski definition) is 3. The minimum atomic E-state index is -0.0519. The first-order valence-electron chi connectivity index (χ1n) is 6.41. The molecule has 0 spiro atoms. The van der Waals surface area contributed by atoms with Crippen molar-refractivity contribution in [2.45, 2.75) is 39.7 Å². The summed E-state index contributed by atoms with van der Waals surface area (Å²) in [4.78, 5) is 4.46. The number of nitrogen functional groups attached to an aromatic ring is 1. The third kappa shape index (κ3) is 1.92. The maximum absolute atomic E-state index is 6.08. The summed E-state index contributed by atoms with van der Waals surface area (Å²) in [6.07, 6.45) is 0.988. The van der Waals surface area contributed by atoms with Crippen LogP contribution in [-0.4, -0.2) is 16.2 Å². The van der Waals surface area contributed by atoms with E-state index in [1.807, 2.05) is 25.1 Å². The second-order valence-electron chi connectivity index (χ2n) is 5.03. The lowest BCUT2D eigenvalue weighted by molar-refractivity contribution is 0.343. The van der Waals surface area contributed by atoms with Gasteiger partial charge in [-0.3, -0.25) is 0 Å². The number of rotatable bonds is 4. The summed E-state index contributed by atoms with van der Waals surface area (Å²) in [7, 11) is 0. The van der Waals surface area contributed by atoms with Crippen LogP contribution in [0.1, 0.15) is 34.1 Å². The Morgan fingerprint density at radius 1 is 1.33 bits per heavy atom. The summed E-state index contributed by atoms with van der Waals surface area (Å²) in [5.74, 6) is 1.34. The molecule has 0 bridgehead atoms. The topological polar surface area (TPSA) is 53.1 Å². The number of aromatic nitrogens is 2. The van der Waals surface area contributed by atoms with E-state index in [0.29, 0.717) is 12.6 Å². The van der Waals surface area contributed by atoms with E-state index in [0.717, 1.165) is 23.2 Å². The van der Waals surface area contributed by atoms with Crippen LogP contribution in [0.3, 0.4) is 0 Å². The zero-order valence-electron chi connectivity index (χ0n) is 11.5. The fraction of sp³-hybridized carbons (Fsp3) is 0.500. The van der Waals surface area contributed by atoms with E-state index < -0.39 is 0 Å². The Balaban J connectivity index is 2.69. The van der Waals surface area contributed by atoms with E-state index in [9.17, 15) is 0 Å². The lowest BCUT2D eigenvalue weighted by Crippen LogP contribution is -2.26. The lowest BCUT2D eigenvalue weighted by Gasteiger charge is -2.26. The molecule has 18 heavy (non-hydrogen) atoms. The number of para-hydroxylation sites is 1. The zero-order valence-corrected chi connectivity index (χ0v) is 11.5. The van der Waals surface area contributed by atoms with E-state index in [2.05, 4.69) is 30.3 Å². The maximum atomic E-state index is 6.08. The Morgan fingerprint density at radius 2 is 2.06 bits per heavy atom. The van der Waals surface area contributed by atoms with E-state index in [4.69, 9.17) is 10.5 Å². The maximum Gasteiger partial charge on any atom is 0.201 e. The summed E-state index contributed by atoms with van der Waals surface area (Å²) in [6.45, 7) is 9.07. The predicted molar refractivity (Wildman–Crippen MR) is 74.9 cm³/mol. The SMILES string of the molecule is CCOc1cccc2c1nc(N)n2C(C)(C)CC. The van der Waals surface area contributed by atoms with Crippen molar-refractivity contribution in [3.8, 4) is 5.75 Å². The zero-order chi connectivity index (χ0) is 13.3. The highest BCUT2D eigenvalue weighted by atomic mass is 16.5. The molecule has 0 aliphatic carbocycles. The van der Waals surface area contributed by atoms with Crippen LogP contribution in [0.2, 0.25) is 0 Å². The molecule has 0 saturated heterocycles. The smallest absolute Gasteiger partial charge is 0.201 e. The summed E-state index contributed by atoms with van der Waals surface area (Å²) >= 11 is 0. The van der Waals surface area contributed by atoms with Crippen LogP contribution in [0, 0.1) is 0 Å². The molecule has 1 aromatic heterocycles. The average Bonchev–Trinajstić information content (AvgIpc) is 2.67. The minimum Gasteiger partial charge on any atom is -0.492 e. The van der Waals surface area contributed by atoms with Crippen molar-refractivity contribution in [3.63, 3.8) is 0 Å². The Kier molecular flexibility index (Phi) is 3.20. The van der Waals surface area contributed by atoms with Gasteiger partial charge in [-0.05, 0) is 39.3 Å². The normalized spacial score (nSPS) is 12.0. The predicted octanol–water partition coefficient (Wildman–Crippen LogP) is 3.16. The Hall–Kier alpha value is -1.71. The van der Waals surface area contributed by atoms with Crippen molar-refractivity contribution in [2.24, 2.45) is 0 Å². The molecule has 4 heteroatoms. The number of hydrogen-bond donors (Lipinski definition) is 1. The first kappa shape index (κ1) is 12.7. The molecular weight excluding hydrogens is 226 g/mol. The van der Waals surface area contributed by atoms with Gasteiger partial charge in [0.15, 0.2) is 0 Å². The molecule has 1 heterocycles. The molecule has 0 atom stereocenters. The summed E-state index contributed by atoms with van der Waals surface area (Å²) < 4.78 is 7.69. The quantitative estimate of drug-likeness (QED) is 0.902. The molecular formula is C14H21N3O. The van der Waals surface area contributed by atoms with Crippen molar-refractivity contribution in [2.75, 3.05) is 12.3 Å². The number of fused-ring (bicyclic) bond motifs is 1. The molecule has 0 radical (unpaired) electrons. The molecule has 2 rings (SSSR count). The van der Waals surface area contributed by atoms with Gasteiger partial charge in [-0.1, -0.05) is 13.0 Å². The third-order valence-corrected chi connectivity index (χ3v) is 3.44. The molecule has 0 unspecified atom stereocenters. The van der Waals surface area contributed by atoms with Crippen molar-refractivity contribution < 1.29 is 4.74 Å². The molecule has 0 aliphatic heterocycles. The van der Waals surface area contributed by atoms with Crippen molar-refractivity contribution in [3.05, 3.63) is 18.2 Å². The highest BCUT2D eigenvalue weighted by molar-refractivity contribution is 5.84. The van der Waals surface area contributed by atoms with Crippen LogP contribution in [0.25, 0.3) is 11.0 Å². The highest BCUT2D eigenvalue weighted by Gasteiger charge is 2.24. The standard InChI is InChI=1S/C14H21N3O/c1-5-14(3,4)17-10-8-7-9-11(18-6-2)12(10)16-13(17)15/h7-9H,5-6H2,1-4H3,(H2,15,16). The number of nitrogens with two attached hydrogens (primary N) is 1. The summed E-state index contributed by atoms with van der Waals surface area (Å²) in [6, 6.07) is 5.96. The highest BCUT2D eigenvalue weighted by Crippen LogP contribution is 2.33. The van der Waals surface area contributed by atoms with Gasteiger partial charge in [-0.2, -0.15) is 0 Å². The van der Waals surface area contributed by atoms with Gasteiger partial charge >= 0.3 is 0 Å². The molecule has 2 N–H and O–H groups in total. The molecule has 0 amide bonds. The van der Waals surface area contributed by atoms with Crippen LogP contribution < -0.4 is 10.5 Å². The second-order valence-corrected chi connectivity index (χ2v) is 5.03. The van der Waals surface area contributed by atoms with Crippen molar-refractivity contribution in [1.29, 1.82) is 0 Å². The molecule has 2 aromatic rings. The van der Waals surface area contributed by atoms with Crippen LogP contribution in [0.5, 0.6) is 5.75 Å². The van der Waals surface area contributed by atoms with E-state index in [1.54, 1.807) is 0 Å². The van der Waals surface area contributed by atoms with Gasteiger partial charge in [0, 0.05) is 5.54 Å². The summed E-state index contributed by atoms with van der Waals surface area (Å²) in [5, 5.41) is 0. The number of imidazole rings is 1. The van der Waals surface area contributed by atoms with Crippen LogP contribution >= 0.6 is 0 Å². The van der Waals surface area contributed by atoms with Gasteiger partial charge in [0.25, 0.3) is 0 Å². The Labute approximate surface area is 108 Å². The second kappa shape index (κ2) is 4.52. The molecule has 4 nitrogen and oxygen atoms in total. The minimum absolute atomic E-state index is 0.0519. The van der Waals surface area contributed by atoms with Crippen molar-refractivity contribution in [1.82, 2.24) is 9.55 Å². The number of benzene rings is 1. The van der Waals surface area contributed by atoms with E-state index in [-0.39, 0.29) is 5.54 Å². The fourth-order valence-electron chi connectivity index (χ4n) is 2.16. The monoisotopic (exact) mass is 247 g/mol. The summed E-state index contributed by atoms with van der Waals surface area (Å²) in [5.41, 5.74) is 7.90. The molecule has 1 aromatic carbocycles. The van der Waals surface area contributed by atoms with Gasteiger partial charge in [-0.15, -0.1) is 0 Å². The number of ether oxygens (including phenoxy) is 1. The van der Waals surface area contributed by atoms with Crippen LogP contribution in [-0.2, 0) is 5.54 Å². The van der Waals surface area contributed by atoms with Gasteiger partial charge in [0.2, 0.25) is 5.95 Å². The van der Waals surface area contributed by atoms with Crippen molar-refractivity contribution >= 4 is 17.0 Å². The van der Waals surface area contributed by atoms with Gasteiger partial charge in [0.1, 0.15) is 11.3 Å². The lowest BCUT2D eigenvalue weighted by atomic mass is 10.0. The average molecular weight is 247 g/mol. The van der Waals surface area contributed by atoms with E-state index >= 15 is 0 Å². The third-order valence-electron chi connectivity index (χ3n) is 3.44. The van der Waals surface area contributed by atoms with Gasteiger partial charge in [-0.25, -0.2) is 4.98 Å². The number of nitrogens with zero attached hydrogens (tertiary/aromatic N) is 2. The first-order valence-corrected chi connectivity index (χ1v) is 6.41.